The van der Waals surface area contributed by atoms with Gasteiger partial charge in [-0.25, -0.2) is 4.79 Å². The number of hydrogen-bond acceptors (Lipinski definition) is 7. The van der Waals surface area contributed by atoms with Crippen LogP contribution in [0.5, 0.6) is 11.5 Å². The minimum absolute atomic E-state index is 0.0330. The molecule has 2 N–H and O–H groups in total. The number of likely N-dealkylation sites (tertiary alicyclic amines) is 1. The molecule has 7 unspecified atom stereocenters. The first-order valence-electron chi connectivity index (χ1n) is 26.9. The molecule has 0 bridgehead atoms. The molecule has 4 fully saturated rings. The summed E-state index contributed by atoms with van der Waals surface area (Å²) in [7, 11) is 3.30. The Hall–Kier alpha value is -4.34. The van der Waals surface area contributed by atoms with Crippen LogP contribution in [0.3, 0.4) is 0 Å². The van der Waals surface area contributed by atoms with Crippen molar-refractivity contribution in [2.75, 3.05) is 40.5 Å². The Labute approximate surface area is 414 Å². The molecule has 2 amide bonds. The Kier molecular flexibility index (Phi) is 16.6. The first-order chi connectivity index (χ1) is 33.3. The van der Waals surface area contributed by atoms with Crippen LogP contribution in [0.15, 0.2) is 90.7 Å². The zero-order valence-corrected chi connectivity index (χ0v) is 43.1. The lowest BCUT2D eigenvalue weighted by atomic mass is 9.45. The normalized spacial score (nSPS) is 29.1. The van der Waals surface area contributed by atoms with Crippen molar-refractivity contribution < 1.29 is 33.6 Å². The largest absolute Gasteiger partial charge is 0.497 e. The second-order valence-electron chi connectivity index (χ2n) is 22.8. The minimum Gasteiger partial charge on any atom is -0.497 e. The van der Waals surface area contributed by atoms with Crippen LogP contribution < -0.4 is 14.8 Å². The van der Waals surface area contributed by atoms with E-state index in [1.54, 1.807) is 19.1 Å². The molecule has 0 spiro atoms. The van der Waals surface area contributed by atoms with Gasteiger partial charge >= 0.3 is 6.09 Å². The van der Waals surface area contributed by atoms with Crippen molar-refractivity contribution in [3.05, 3.63) is 107 Å². The maximum Gasteiger partial charge on any atom is 0.412 e. The van der Waals surface area contributed by atoms with Gasteiger partial charge in [0, 0.05) is 38.4 Å². The molecule has 376 valence electrons. The highest BCUT2D eigenvalue weighted by Crippen LogP contribution is 2.68. The van der Waals surface area contributed by atoms with Gasteiger partial charge in [0.25, 0.3) is 0 Å². The number of methoxy groups -OCH3 is 2. The summed E-state index contributed by atoms with van der Waals surface area (Å²) in [6.07, 6.45) is 18.1. The van der Waals surface area contributed by atoms with Gasteiger partial charge in [-0.3, -0.25) is 4.79 Å². The van der Waals surface area contributed by atoms with Gasteiger partial charge in [0.05, 0.1) is 26.9 Å². The van der Waals surface area contributed by atoms with E-state index in [9.17, 15) is 14.7 Å². The average Bonchev–Trinajstić information content (AvgIpc) is 3.92. The van der Waals surface area contributed by atoms with Gasteiger partial charge in [0.2, 0.25) is 5.91 Å². The number of ether oxygens (including phenoxy) is 4. The van der Waals surface area contributed by atoms with Crippen LogP contribution in [0, 0.1) is 58.2 Å². The van der Waals surface area contributed by atoms with Gasteiger partial charge in [0.15, 0.2) is 0 Å². The van der Waals surface area contributed by atoms with E-state index in [4.69, 9.17) is 18.9 Å². The van der Waals surface area contributed by atoms with Crippen LogP contribution in [0.25, 0.3) is 0 Å². The lowest BCUT2D eigenvalue weighted by Crippen LogP contribution is -2.52. The lowest BCUT2D eigenvalue weighted by molar-refractivity contribution is -0.130. The number of nitrogens with zero attached hydrogens (tertiary/aromatic N) is 1. The summed E-state index contributed by atoms with van der Waals surface area (Å²) in [6, 6.07) is 25.9. The van der Waals surface area contributed by atoms with Gasteiger partial charge in [0.1, 0.15) is 22.9 Å². The fourth-order valence-corrected chi connectivity index (χ4v) is 14.5. The maximum absolute atomic E-state index is 13.5. The monoisotopic (exact) mass is 945 g/mol. The third kappa shape index (κ3) is 11.0. The minimum atomic E-state index is -1.01. The summed E-state index contributed by atoms with van der Waals surface area (Å²) >= 11 is 0. The van der Waals surface area contributed by atoms with Crippen LogP contribution in [-0.4, -0.2) is 68.6 Å². The average molecular weight is 945 g/mol. The molecule has 9 heteroatoms. The van der Waals surface area contributed by atoms with E-state index in [1.165, 1.54) is 57.8 Å². The van der Waals surface area contributed by atoms with Crippen LogP contribution in [-0.2, 0) is 19.9 Å². The highest BCUT2D eigenvalue weighted by Gasteiger charge is 2.60. The molecular formula is C60H84N2O7. The molecule has 10 atom stereocenters. The van der Waals surface area contributed by atoms with E-state index in [0.717, 1.165) is 95.1 Å². The van der Waals surface area contributed by atoms with E-state index in [1.807, 2.05) is 66.7 Å². The number of aliphatic hydroxyl groups excluding tert-OH is 1. The number of alkyl carbamates (subject to hydrolysis) is 1. The van der Waals surface area contributed by atoms with Crippen molar-refractivity contribution in [2.45, 2.75) is 143 Å². The van der Waals surface area contributed by atoms with Gasteiger partial charge in [-0.15, -0.1) is 0 Å². The Morgan fingerprint density at radius 3 is 2.09 bits per heavy atom. The summed E-state index contributed by atoms with van der Waals surface area (Å²) < 4.78 is 24.0. The number of β-amino-alcohol motifs (C(OH)–C–C–N with tert-alkyl or cyclic N) is 1. The Morgan fingerprint density at radius 2 is 1.42 bits per heavy atom. The summed E-state index contributed by atoms with van der Waals surface area (Å²) in [5, 5.41) is 14.3. The number of unbranched alkanes of at least 4 members (excludes halogenated alkanes) is 2. The molecule has 0 radical (unpaired) electrons. The molecule has 3 aromatic carbocycles. The van der Waals surface area contributed by atoms with E-state index in [2.05, 4.69) is 58.1 Å². The Bertz CT molecular complexity index is 2130. The molecule has 9 nitrogen and oxygen atoms in total. The highest BCUT2D eigenvalue weighted by molar-refractivity contribution is 5.76. The second-order valence-corrected chi connectivity index (χ2v) is 22.8. The van der Waals surface area contributed by atoms with Crippen LogP contribution in [0.1, 0.15) is 148 Å². The quantitative estimate of drug-likeness (QED) is 0.0858. The van der Waals surface area contributed by atoms with Crippen molar-refractivity contribution >= 4 is 12.0 Å². The maximum atomic E-state index is 13.5. The number of benzene rings is 3. The Balaban J connectivity index is 0.778. The number of fused-ring (bicyclic) bond motifs is 5. The van der Waals surface area contributed by atoms with Gasteiger partial charge in [-0.1, -0.05) is 115 Å². The number of hydrogen-bond donors (Lipinski definition) is 2. The predicted molar refractivity (Wildman–Crippen MR) is 274 cm³/mol. The zero-order chi connectivity index (χ0) is 48.8. The van der Waals surface area contributed by atoms with E-state index < -0.39 is 11.7 Å². The fourth-order valence-electron chi connectivity index (χ4n) is 14.5. The van der Waals surface area contributed by atoms with Gasteiger partial charge in [-0.05, 0) is 157 Å². The third-order valence-electron chi connectivity index (χ3n) is 18.4. The van der Waals surface area contributed by atoms with Crippen molar-refractivity contribution in [2.24, 2.45) is 58.2 Å². The molecular weight excluding hydrogens is 861 g/mol. The smallest absolute Gasteiger partial charge is 0.412 e. The van der Waals surface area contributed by atoms with Crippen molar-refractivity contribution in [3.8, 4) is 11.5 Å². The first kappa shape index (κ1) is 51.0. The molecule has 1 saturated heterocycles. The van der Waals surface area contributed by atoms with Crippen LogP contribution >= 0.6 is 0 Å². The molecule has 1 aliphatic heterocycles. The number of carbonyl (C=O) groups is 2. The van der Waals surface area contributed by atoms with Crippen LogP contribution in [0.2, 0.25) is 0 Å². The molecule has 1 heterocycles. The van der Waals surface area contributed by atoms with Gasteiger partial charge in [-0.2, -0.15) is 0 Å². The number of allylic oxidation sites excluding steroid dienone is 2. The zero-order valence-electron chi connectivity index (χ0n) is 43.1. The number of carbonyl (C=O) groups excluding carboxylic acids is 2. The lowest BCUT2D eigenvalue weighted by Gasteiger charge is -2.60. The molecule has 0 aromatic heterocycles. The topological polar surface area (TPSA) is 107 Å². The number of nitrogens with one attached hydrogen (secondary N) is 1. The summed E-state index contributed by atoms with van der Waals surface area (Å²) in [4.78, 5) is 28.3. The fraction of sp³-hybridized carbons (Fsp3) is 0.633. The predicted octanol–water partition coefficient (Wildman–Crippen LogP) is 12.7. The molecule has 3 aromatic rings. The molecule has 5 aliphatic rings. The highest BCUT2D eigenvalue weighted by atomic mass is 16.6. The van der Waals surface area contributed by atoms with E-state index in [0.29, 0.717) is 37.3 Å². The SMILES string of the molecule is COc1ccc(C(OCC2CN(C(=O)CCCCCNC(=O)OC3=CC4CCC5C(CC[C@@]6(C)C5CC[C@@H]6C(C)CCCC(C)C)[C@@]4(C)CC3)CC2O)(c2ccccc2)c2ccc(OC)cc2)cc1. The van der Waals surface area contributed by atoms with Crippen molar-refractivity contribution in [1.29, 1.82) is 0 Å². The summed E-state index contributed by atoms with van der Waals surface area (Å²) in [5.41, 5.74) is 2.56. The molecule has 8 rings (SSSR count). The van der Waals surface area contributed by atoms with E-state index in [-0.39, 0.29) is 36.5 Å². The molecule has 4 aliphatic carbocycles. The number of amides is 2. The van der Waals surface area contributed by atoms with Crippen molar-refractivity contribution in [3.63, 3.8) is 0 Å². The Morgan fingerprint density at radius 1 is 0.754 bits per heavy atom. The van der Waals surface area contributed by atoms with E-state index >= 15 is 0 Å². The first-order valence-corrected chi connectivity index (χ1v) is 26.9. The second kappa shape index (κ2) is 22.4. The van der Waals surface area contributed by atoms with Crippen LogP contribution in [0.4, 0.5) is 4.79 Å². The third-order valence-corrected chi connectivity index (χ3v) is 18.4. The molecule has 69 heavy (non-hydrogen) atoms. The standard InChI is InChI=1S/C60H84N2O7/c1-41(2)15-14-16-42(3)52-30-31-53-51-29-24-47-37-50(32-34-58(47,4)54(51)33-35-59(52,53)5)69-57(65)61-36-13-9-12-19-56(64)62-38-43(55(63)39-62)40-68-60(44-17-10-8-11-18-44,45-20-25-48(66-6)26-21-45)46-22-27-49(67-7)28-23-46/h8,10-11,17-18,20-23,25-28,37,41-43,47,51-55,63H,9,12-16,19,24,29-36,38-40H2,1-7H3,(H,61,65)/t42?,43?,47?,51?,52-,53?,54?,55?,58+,59-/m1/s1. The van der Waals surface area contributed by atoms with Gasteiger partial charge < -0.3 is 34.3 Å². The summed E-state index contributed by atoms with van der Waals surface area (Å²) in [6.45, 7) is 14.0. The number of aliphatic hydroxyl groups is 1. The number of rotatable bonds is 20. The van der Waals surface area contributed by atoms with Crippen molar-refractivity contribution in [1.82, 2.24) is 10.2 Å². The molecule has 3 saturated carbocycles. The summed E-state index contributed by atoms with van der Waals surface area (Å²) in [5.74, 6) is 7.57.